The maximum Gasteiger partial charge on any atom is 0.153 e. The predicted molar refractivity (Wildman–Crippen MR) is 63.1 cm³/mol. The van der Waals surface area contributed by atoms with E-state index < -0.39 is 0 Å². The average molecular weight is 232 g/mol. The van der Waals surface area contributed by atoms with Crippen molar-refractivity contribution in [3.8, 4) is 5.69 Å². The van der Waals surface area contributed by atoms with E-state index in [1.165, 1.54) is 12.1 Å². The summed E-state index contributed by atoms with van der Waals surface area (Å²) in [4.78, 5) is 10.9. The Balaban J connectivity index is 2.65. The zero-order valence-electron chi connectivity index (χ0n) is 9.99. The third-order valence-corrected chi connectivity index (χ3v) is 2.85. The van der Waals surface area contributed by atoms with Crippen LogP contribution in [0.25, 0.3) is 5.69 Å². The minimum absolute atomic E-state index is 0.275. The van der Waals surface area contributed by atoms with Crippen LogP contribution in [0.3, 0.4) is 0 Å². The molecule has 0 atom stereocenters. The lowest BCUT2D eigenvalue weighted by atomic mass is 10.2. The summed E-state index contributed by atoms with van der Waals surface area (Å²) in [5, 5.41) is 4.30. The van der Waals surface area contributed by atoms with Crippen LogP contribution in [0, 0.1) is 26.6 Å². The van der Waals surface area contributed by atoms with Crippen molar-refractivity contribution in [3.63, 3.8) is 0 Å². The lowest BCUT2D eigenvalue weighted by molar-refractivity contribution is 0.112. The second kappa shape index (κ2) is 4.13. The van der Waals surface area contributed by atoms with E-state index in [4.69, 9.17) is 0 Å². The zero-order chi connectivity index (χ0) is 12.6. The fourth-order valence-electron chi connectivity index (χ4n) is 1.92. The van der Waals surface area contributed by atoms with E-state index in [-0.39, 0.29) is 5.82 Å². The average Bonchev–Trinajstić information content (AvgIpc) is 2.54. The largest absolute Gasteiger partial charge is 0.298 e. The number of carbonyl (C=O) groups is 1. The highest BCUT2D eigenvalue weighted by molar-refractivity contribution is 5.78. The zero-order valence-corrected chi connectivity index (χ0v) is 9.99. The van der Waals surface area contributed by atoms with E-state index in [0.29, 0.717) is 11.3 Å². The fraction of sp³-hybridized carbons (Fsp3) is 0.231. The van der Waals surface area contributed by atoms with Crippen LogP contribution in [0.4, 0.5) is 4.39 Å². The van der Waals surface area contributed by atoms with Gasteiger partial charge in [-0.15, -0.1) is 0 Å². The van der Waals surface area contributed by atoms with Gasteiger partial charge in [0, 0.05) is 0 Å². The molecule has 0 aliphatic rings. The van der Waals surface area contributed by atoms with E-state index in [1.807, 2.05) is 13.8 Å². The first-order valence-corrected chi connectivity index (χ1v) is 5.32. The molecule has 2 rings (SSSR count). The molecule has 1 heterocycles. The highest BCUT2D eigenvalue weighted by atomic mass is 19.1. The first-order chi connectivity index (χ1) is 8.04. The molecule has 0 aliphatic carbocycles. The van der Waals surface area contributed by atoms with Gasteiger partial charge in [0.25, 0.3) is 0 Å². The van der Waals surface area contributed by atoms with Crippen molar-refractivity contribution in [1.29, 1.82) is 0 Å². The highest BCUT2D eigenvalue weighted by Crippen LogP contribution is 2.19. The number of nitrogens with zero attached hydrogens (tertiary/aromatic N) is 2. The third kappa shape index (κ3) is 1.86. The SMILES string of the molecule is Cc1cc(F)ccc1-n1nc(C)c(C=O)c1C. The number of aryl methyl sites for hydroxylation is 2. The summed E-state index contributed by atoms with van der Waals surface area (Å²) in [5.74, 6) is -0.275. The molecule has 0 amide bonds. The van der Waals surface area contributed by atoms with Crippen molar-refractivity contribution in [2.45, 2.75) is 20.8 Å². The minimum Gasteiger partial charge on any atom is -0.298 e. The van der Waals surface area contributed by atoms with Gasteiger partial charge in [-0.1, -0.05) is 0 Å². The van der Waals surface area contributed by atoms with Crippen molar-refractivity contribution in [2.75, 3.05) is 0 Å². The Morgan fingerprint density at radius 3 is 2.53 bits per heavy atom. The van der Waals surface area contributed by atoms with Gasteiger partial charge in [0.05, 0.1) is 22.6 Å². The summed E-state index contributed by atoms with van der Waals surface area (Å²) in [5.41, 5.74) is 3.62. The van der Waals surface area contributed by atoms with Crippen molar-refractivity contribution >= 4 is 6.29 Å². The topological polar surface area (TPSA) is 34.9 Å². The van der Waals surface area contributed by atoms with Crippen LogP contribution >= 0.6 is 0 Å². The molecule has 0 aliphatic heterocycles. The van der Waals surface area contributed by atoms with Crippen LogP contribution in [-0.2, 0) is 0 Å². The normalized spacial score (nSPS) is 10.6. The third-order valence-electron chi connectivity index (χ3n) is 2.85. The monoisotopic (exact) mass is 232 g/mol. The molecule has 0 spiro atoms. The summed E-state index contributed by atoms with van der Waals surface area (Å²) in [6.07, 6.45) is 0.799. The summed E-state index contributed by atoms with van der Waals surface area (Å²) in [6.45, 7) is 5.42. The summed E-state index contributed by atoms with van der Waals surface area (Å²) >= 11 is 0. The van der Waals surface area contributed by atoms with Crippen LogP contribution in [-0.4, -0.2) is 16.1 Å². The molecule has 3 nitrogen and oxygen atoms in total. The molecular weight excluding hydrogens is 219 g/mol. The first-order valence-electron chi connectivity index (χ1n) is 5.32. The van der Waals surface area contributed by atoms with Gasteiger partial charge in [-0.3, -0.25) is 4.79 Å². The van der Waals surface area contributed by atoms with Crippen molar-refractivity contribution in [3.05, 3.63) is 46.5 Å². The van der Waals surface area contributed by atoms with Gasteiger partial charge < -0.3 is 0 Å². The van der Waals surface area contributed by atoms with E-state index in [1.54, 1.807) is 17.7 Å². The molecule has 0 unspecified atom stereocenters. The number of hydrogen-bond acceptors (Lipinski definition) is 2. The Bertz CT molecular complexity index is 587. The molecule has 0 bridgehead atoms. The number of benzene rings is 1. The van der Waals surface area contributed by atoms with Crippen LogP contribution in [0.2, 0.25) is 0 Å². The molecule has 0 radical (unpaired) electrons. The van der Waals surface area contributed by atoms with Crippen LogP contribution < -0.4 is 0 Å². The van der Waals surface area contributed by atoms with E-state index in [0.717, 1.165) is 23.2 Å². The Hall–Kier alpha value is -1.97. The number of hydrogen-bond donors (Lipinski definition) is 0. The molecule has 1 aromatic heterocycles. The number of rotatable bonds is 2. The quantitative estimate of drug-likeness (QED) is 0.746. The van der Waals surface area contributed by atoms with E-state index in [2.05, 4.69) is 5.10 Å². The van der Waals surface area contributed by atoms with Crippen molar-refractivity contribution in [1.82, 2.24) is 9.78 Å². The fourth-order valence-corrected chi connectivity index (χ4v) is 1.92. The van der Waals surface area contributed by atoms with Crippen LogP contribution in [0.5, 0.6) is 0 Å². The molecule has 0 saturated carbocycles. The molecule has 1 aromatic carbocycles. The smallest absolute Gasteiger partial charge is 0.153 e. The summed E-state index contributed by atoms with van der Waals surface area (Å²) in [7, 11) is 0. The second-order valence-corrected chi connectivity index (χ2v) is 4.04. The first kappa shape index (κ1) is 11.5. The Morgan fingerprint density at radius 1 is 1.29 bits per heavy atom. The molecule has 0 N–H and O–H groups in total. The maximum atomic E-state index is 13.0. The van der Waals surface area contributed by atoms with E-state index in [9.17, 15) is 9.18 Å². The Morgan fingerprint density at radius 2 is 2.00 bits per heavy atom. The van der Waals surface area contributed by atoms with Gasteiger partial charge in [0.1, 0.15) is 5.82 Å². The predicted octanol–water partition coefficient (Wildman–Crippen LogP) is 2.75. The van der Waals surface area contributed by atoms with Gasteiger partial charge in [0.2, 0.25) is 0 Å². The van der Waals surface area contributed by atoms with Gasteiger partial charge in [-0.05, 0) is 44.5 Å². The molecule has 0 fully saturated rings. The lowest BCUT2D eigenvalue weighted by Crippen LogP contribution is -2.02. The Kier molecular flexibility index (Phi) is 2.79. The molecule has 17 heavy (non-hydrogen) atoms. The maximum absolute atomic E-state index is 13.0. The van der Waals surface area contributed by atoms with Gasteiger partial charge in [0.15, 0.2) is 6.29 Å². The van der Waals surface area contributed by atoms with Crippen LogP contribution in [0.15, 0.2) is 18.2 Å². The van der Waals surface area contributed by atoms with Gasteiger partial charge in [-0.2, -0.15) is 5.10 Å². The number of carbonyl (C=O) groups excluding carboxylic acids is 1. The molecule has 2 aromatic rings. The number of halogens is 1. The summed E-state index contributed by atoms with van der Waals surface area (Å²) in [6, 6.07) is 4.50. The van der Waals surface area contributed by atoms with Crippen molar-refractivity contribution in [2.24, 2.45) is 0 Å². The molecule has 4 heteroatoms. The van der Waals surface area contributed by atoms with Crippen molar-refractivity contribution < 1.29 is 9.18 Å². The Labute approximate surface area is 98.9 Å². The minimum atomic E-state index is -0.275. The van der Waals surface area contributed by atoms with E-state index >= 15 is 0 Å². The molecule has 0 saturated heterocycles. The second-order valence-electron chi connectivity index (χ2n) is 4.04. The number of aromatic nitrogens is 2. The molecule has 88 valence electrons. The number of aldehydes is 1. The molecular formula is C13H13FN2O. The van der Waals surface area contributed by atoms with Gasteiger partial charge in [-0.25, -0.2) is 9.07 Å². The van der Waals surface area contributed by atoms with Crippen LogP contribution in [0.1, 0.15) is 27.3 Å². The summed E-state index contributed by atoms with van der Waals surface area (Å²) < 4.78 is 14.7. The standard InChI is InChI=1S/C13H13FN2O/c1-8-6-11(14)4-5-13(8)16-10(3)12(7-17)9(2)15-16/h4-7H,1-3H3. The highest BCUT2D eigenvalue weighted by Gasteiger charge is 2.13. The lowest BCUT2D eigenvalue weighted by Gasteiger charge is -2.08. The van der Waals surface area contributed by atoms with Gasteiger partial charge >= 0.3 is 0 Å².